The molecule has 0 radical (unpaired) electrons. The van der Waals surface area contributed by atoms with Crippen LogP contribution in [0.15, 0.2) is 12.1 Å². The zero-order valence-corrected chi connectivity index (χ0v) is 9.87. The first-order chi connectivity index (χ1) is 7.75. The summed E-state index contributed by atoms with van der Waals surface area (Å²) < 4.78 is 0. The number of rotatable bonds is 0. The van der Waals surface area contributed by atoms with E-state index in [-0.39, 0.29) is 0 Å². The normalized spacial score (nSPS) is 24.9. The Labute approximate surface area is 96.9 Å². The fourth-order valence-electron chi connectivity index (χ4n) is 3.33. The predicted molar refractivity (Wildman–Crippen MR) is 65.0 cm³/mol. The quantitative estimate of drug-likeness (QED) is 0.721. The van der Waals surface area contributed by atoms with Crippen LogP contribution in [0.3, 0.4) is 0 Å². The molecule has 2 nitrogen and oxygen atoms in total. The zero-order chi connectivity index (χ0) is 11.1. The van der Waals surface area contributed by atoms with Crippen molar-refractivity contribution in [2.45, 2.75) is 31.6 Å². The van der Waals surface area contributed by atoms with Gasteiger partial charge in [-0.05, 0) is 61.4 Å². The van der Waals surface area contributed by atoms with Gasteiger partial charge in [0.05, 0.1) is 0 Å². The fraction of sp³-hybridized carbons (Fsp3) is 0.571. The van der Waals surface area contributed by atoms with E-state index in [1.807, 2.05) is 6.07 Å². The summed E-state index contributed by atoms with van der Waals surface area (Å²) in [5, 5.41) is 10.0. The molecule has 0 saturated carbocycles. The summed E-state index contributed by atoms with van der Waals surface area (Å²) in [6.07, 6.45) is 4.79. The van der Waals surface area contributed by atoms with Crippen molar-refractivity contribution in [1.82, 2.24) is 4.90 Å². The molecule has 1 aliphatic carbocycles. The first-order valence-electron chi connectivity index (χ1n) is 6.28. The average Bonchev–Trinajstić information content (AvgIpc) is 2.44. The van der Waals surface area contributed by atoms with Crippen molar-refractivity contribution in [1.29, 1.82) is 0 Å². The van der Waals surface area contributed by atoms with Crippen LogP contribution < -0.4 is 0 Å². The number of phenolic OH excluding ortho intramolecular Hbond substituents is 1. The number of hydrogen-bond donors (Lipinski definition) is 1. The van der Waals surface area contributed by atoms with Crippen LogP contribution in [-0.4, -0.2) is 30.1 Å². The highest BCUT2D eigenvalue weighted by Crippen LogP contribution is 2.39. The van der Waals surface area contributed by atoms with Crippen LogP contribution in [0.2, 0.25) is 0 Å². The second kappa shape index (κ2) is 3.77. The van der Waals surface area contributed by atoms with Gasteiger partial charge in [0.2, 0.25) is 0 Å². The van der Waals surface area contributed by atoms with E-state index >= 15 is 0 Å². The Hall–Kier alpha value is -1.02. The Morgan fingerprint density at radius 2 is 2.19 bits per heavy atom. The van der Waals surface area contributed by atoms with Crippen molar-refractivity contribution in [3.8, 4) is 5.75 Å². The van der Waals surface area contributed by atoms with Gasteiger partial charge in [-0.2, -0.15) is 0 Å². The highest BCUT2D eigenvalue weighted by molar-refractivity contribution is 5.48. The summed E-state index contributed by atoms with van der Waals surface area (Å²) in [6.45, 7) is 2.23. The molecule has 1 aliphatic heterocycles. The SMILES string of the molecule is CN1CCc2c(O)ccc3c2[C@H](CCC3)C1. The maximum atomic E-state index is 10.0. The molecule has 1 atom stereocenters. The van der Waals surface area contributed by atoms with Gasteiger partial charge in [-0.25, -0.2) is 0 Å². The number of hydrogen-bond acceptors (Lipinski definition) is 2. The Kier molecular flexibility index (Phi) is 2.40. The molecule has 86 valence electrons. The number of nitrogens with zero attached hydrogens (tertiary/aromatic N) is 1. The van der Waals surface area contributed by atoms with Crippen LogP contribution in [0.25, 0.3) is 0 Å². The van der Waals surface area contributed by atoms with E-state index in [1.165, 1.54) is 36.0 Å². The van der Waals surface area contributed by atoms with Gasteiger partial charge < -0.3 is 10.0 Å². The molecule has 0 aromatic heterocycles. The van der Waals surface area contributed by atoms with E-state index in [9.17, 15) is 5.11 Å². The molecular formula is C14H19NO. The maximum absolute atomic E-state index is 10.0. The van der Waals surface area contributed by atoms with Gasteiger partial charge in [0, 0.05) is 13.1 Å². The van der Waals surface area contributed by atoms with Crippen LogP contribution in [0.5, 0.6) is 5.75 Å². The van der Waals surface area contributed by atoms with E-state index in [0.717, 1.165) is 19.5 Å². The Bertz CT molecular complexity index is 413. The summed E-state index contributed by atoms with van der Waals surface area (Å²) in [5.74, 6) is 1.17. The number of phenols is 1. The van der Waals surface area contributed by atoms with E-state index in [1.54, 1.807) is 0 Å². The van der Waals surface area contributed by atoms with Gasteiger partial charge in [0.1, 0.15) is 5.75 Å². The molecule has 2 aliphatic rings. The van der Waals surface area contributed by atoms with Crippen LogP contribution in [0.4, 0.5) is 0 Å². The minimum absolute atomic E-state index is 0.515. The summed E-state index contributed by atoms with van der Waals surface area (Å²) in [5.41, 5.74) is 4.20. The lowest BCUT2D eigenvalue weighted by molar-refractivity contribution is 0.313. The van der Waals surface area contributed by atoms with E-state index in [4.69, 9.17) is 0 Å². The first kappa shape index (κ1) is 10.2. The fourth-order valence-corrected chi connectivity index (χ4v) is 3.33. The van der Waals surface area contributed by atoms with Crippen LogP contribution in [0, 0.1) is 0 Å². The lowest BCUT2D eigenvalue weighted by Gasteiger charge is -2.28. The third-order valence-electron chi connectivity index (χ3n) is 4.11. The molecule has 0 amide bonds. The average molecular weight is 217 g/mol. The first-order valence-corrected chi connectivity index (χ1v) is 6.28. The van der Waals surface area contributed by atoms with Crippen LogP contribution >= 0.6 is 0 Å². The second-order valence-electron chi connectivity index (χ2n) is 5.24. The smallest absolute Gasteiger partial charge is 0.119 e. The zero-order valence-electron chi connectivity index (χ0n) is 9.87. The Balaban J connectivity index is 2.15. The van der Waals surface area contributed by atoms with E-state index in [0.29, 0.717) is 11.7 Å². The van der Waals surface area contributed by atoms with Gasteiger partial charge >= 0.3 is 0 Å². The monoisotopic (exact) mass is 217 g/mol. The minimum atomic E-state index is 0.515. The number of likely N-dealkylation sites (N-methyl/N-ethyl adjacent to an activating group) is 1. The topological polar surface area (TPSA) is 23.5 Å². The number of aryl methyl sites for hydroxylation is 1. The molecule has 2 heteroatoms. The highest BCUT2D eigenvalue weighted by atomic mass is 16.3. The minimum Gasteiger partial charge on any atom is -0.508 e. The summed E-state index contributed by atoms with van der Waals surface area (Å²) in [4.78, 5) is 2.40. The van der Waals surface area contributed by atoms with Crippen LogP contribution in [0.1, 0.15) is 35.4 Å². The van der Waals surface area contributed by atoms with Crippen molar-refractivity contribution >= 4 is 0 Å². The van der Waals surface area contributed by atoms with Crippen molar-refractivity contribution in [3.63, 3.8) is 0 Å². The van der Waals surface area contributed by atoms with Crippen molar-refractivity contribution in [2.24, 2.45) is 0 Å². The molecule has 0 spiro atoms. The summed E-state index contributed by atoms with van der Waals surface area (Å²) in [6, 6.07) is 4.02. The van der Waals surface area contributed by atoms with E-state index in [2.05, 4.69) is 18.0 Å². The van der Waals surface area contributed by atoms with Gasteiger partial charge in [0.15, 0.2) is 0 Å². The molecule has 0 fully saturated rings. The molecular weight excluding hydrogens is 198 g/mol. The molecule has 0 saturated heterocycles. The summed E-state index contributed by atoms with van der Waals surface area (Å²) in [7, 11) is 2.19. The van der Waals surface area contributed by atoms with Crippen molar-refractivity contribution in [2.75, 3.05) is 20.1 Å². The largest absolute Gasteiger partial charge is 0.508 e. The van der Waals surface area contributed by atoms with Gasteiger partial charge in [-0.3, -0.25) is 0 Å². The third-order valence-corrected chi connectivity index (χ3v) is 4.11. The lowest BCUT2D eigenvalue weighted by atomic mass is 9.80. The highest BCUT2D eigenvalue weighted by Gasteiger charge is 2.28. The molecule has 1 aromatic carbocycles. The Morgan fingerprint density at radius 1 is 1.31 bits per heavy atom. The molecule has 16 heavy (non-hydrogen) atoms. The Morgan fingerprint density at radius 3 is 3.06 bits per heavy atom. The van der Waals surface area contributed by atoms with Crippen molar-refractivity contribution in [3.05, 3.63) is 28.8 Å². The van der Waals surface area contributed by atoms with Gasteiger partial charge in [-0.15, -0.1) is 0 Å². The molecule has 1 aromatic rings. The van der Waals surface area contributed by atoms with Crippen molar-refractivity contribution < 1.29 is 5.11 Å². The molecule has 1 heterocycles. The molecule has 3 rings (SSSR count). The van der Waals surface area contributed by atoms with E-state index < -0.39 is 0 Å². The second-order valence-corrected chi connectivity index (χ2v) is 5.24. The van der Waals surface area contributed by atoms with Gasteiger partial charge in [0.25, 0.3) is 0 Å². The van der Waals surface area contributed by atoms with Crippen LogP contribution in [-0.2, 0) is 12.8 Å². The third kappa shape index (κ3) is 1.52. The number of benzene rings is 1. The standard InChI is InChI=1S/C14H19NO/c1-15-8-7-12-13(16)6-5-10-3-2-4-11(9-15)14(10)12/h5-6,11,16H,2-4,7-9H2,1H3/t11-/m1/s1. The molecule has 0 unspecified atom stereocenters. The lowest BCUT2D eigenvalue weighted by Crippen LogP contribution is -2.25. The summed E-state index contributed by atoms with van der Waals surface area (Å²) >= 11 is 0. The number of aromatic hydroxyl groups is 1. The molecule has 1 N–H and O–H groups in total. The molecule has 0 bridgehead atoms. The van der Waals surface area contributed by atoms with Gasteiger partial charge in [-0.1, -0.05) is 6.07 Å². The maximum Gasteiger partial charge on any atom is 0.119 e. The predicted octanol–water partition coefficient (Wildman–Crippen LogP) is 2.30.